The summed E-state index contributed by atoms with van der Waals surface area (Å²) in [5.74, 6) is 0.164. The summed E-state index contributed by atoms with van der Waals surface area (Å²) in [6.07, 6.45) is 0.456. The average molecular weight is 206 g/mol. The Hall–Kier alpha value is -1.55. The highest BCUT2D eigenvalue weighted by Gasteiger charge is 2.23. The molecule has 1 atom stereocenters. The van der Waals surface area contributed by atoms with Gasteiger partial charge in [-0.25, -0.2) is 5.48 Å². The van der Waals surface area contributed by atoms with Crippen LogP contribution in [0.4, 0.5) is 5.69 Å². The van der Waals surface area contributed by atoms with E-state index in [9.17, 15) is 4.79 Å². The SMILES string of the molecule is CONC(=O)CC1CNc2ccccc21. The molecule has 1 heterocycles. The molecule has 1 amide bonds. The first-order chi connectivity index (χ1) is 7.31. The Bertz CT molecular complexity index is 365. The van der Waals surface area contributed by atoms with Gasteiger partial charge in [-0.2, -0.15) is 0 Å². The zero-order valence-corrected chi connectivity index (χ0v) is 8.62. The average Bonchev–Trinajstić information content (AvgIpc) is 2.62. The Morgan fingerprint density at radius 3 is 3.20 bits per heavy atom. The number of rotatable bonds is 3. The van der Waals surface area contributed by atoms with Crippen molar-refractivity contribution in [2.24, 2.45) is 0 Å². The van der Waals surface area contributed by atoms with E-state index in [1.165, 1.54) is 12.7 Å². The molecule has 0 aliphatic carbocycles. The number of hydrogen-bond acceptors (Lipinski definition) is 3. The van der Waals surface area contributed by atoms with Crippen molar-refractivity contribution in [1.29, 1.82) is 0 Å². The van der Waals surface area contributed by atoms with Gasteiger partial charge in [0.05, 0.1) is 7.11 Å². The minimum Gasteiger partial charge on any atom is -0.384 e. The maximum atomic E-state index is 11.3. The molecule has 1 aromatic rings. The van der Waals surface area contributed by atoms with Crippen molar-refractivity contribution >= 4 is 11.6 Å². The summed E-state index contributed by atoms with van der Waals surface area (Å²) in [7, 11) is 1.44. The fourth-order valence-corrected chi connectivity index (χ4v) is 1.92. The van der Waals surface area contributed by atoms with Gasteiger partial charge in [-0.15, -0.1) is 0 Å². The molecule has 1 aliphatic heterocycles. The number of benzene rings is 1. The summed E-state index contributed by atoms with van der Waals surface area (Å²) in [5, 5.41) is 3.28. The van der Waals surface area contributed by atoms with Gasteiger partial charge in [-0.3, -0.25) is 9.63 Å². The molecule has 1 unspecified atom stereocenters. The van der Waals surface area contributed by atoms with Gasteiger partial charge >= 0.3 is 0 Å². The van der Waals surface area contributed by atoms with Crippen LogP contribution in [-0.4, -0.2) is 19.6 Å². The Balaban J connectivity index is 2.04. The van der Waals surface area contributed by atoms with Gasteiger partial charge in [-0.1, -0.05) is 18.2 Å². The number of carbonyl (C=O) groups excluding carboxylic acids is 1. The Labute approximate surface area is 88.6 Å². The topological polar surface area (TPSA) is 50.4 Å². The Morgan fingerprint density at radius 2 is 2.40 bits per heavy atom. The fourth-order valence-electron chi connectivity index (χ4n) is 1.92. The number of amides is 1. The predicted octanol–water partition coefficient (Wildman–Crippen LogP) is 1.26. The van der Waals surface area contributed by atoms with Gasteiger partial charge in [0.15, 0.2) is 0 Å². The van der Waals surface area contributed by atoms with Crippen molar-refractivity contribution in [3.05, 3.63) is 29.8 Å². The first-order valence-electron chi connectivity index (χ1n) is 4.96. The van der Waals surface area contributed by atoms with Crippen LogP contribution in [0.5, 0.6) is 0 Å². The van der Waals surface area contributed by atoms with Crippen molar-refractivity contribution in [1.82, 2.24) is 5.48 Å². The van der Waals surface area contributed by atoms with Crippen molar-refractivity contribution in [2.45, 2.75) is 12.3 Å². The quantitative estimate of drug-likeness (QED) is 0.732. The smallest absolute Gasteiger partial charge is 0.244 e. The number of para-hydroxylation sites is 1. The summed E-state index contributed by atoms with van der Waals surface area (Å²) < 4.78 is 0. The van der Waals surface area contributed by atoms with E-state index < -0.39 is 0 Å². The second-order valence-corrected chi connectivity index (χ2v) is 3.60. The van der Waals surface area contributed by atoms with Crippen LogP contribution < -0.4 is 10.8 Å². The monoisotopic (exact) mass is 206 g/mol. The van der Waals surface area contributed by atoms with Crippen LogP contribution in [0.25, 0.3) is 0 Å². The van der Waals surface area contributed by atoms with Gasteiger partial charge in [0, 0.05) is 24.6 Å². The molecule has 1 aromatic carbocycles. The Morgan fingerprint density at radius 1 is 1.60 bits per heavy atom. The number of nitrogens with one attached hydrogen (secondary N) is 2. The van der Waals surface area contributed by atoms with Crippen LogP contribution in [-0.2, 0) is 9.63 Å². The van der Waals surface area contributed by atoms with E-state index in [-0.39, 0.29) is 11.8 Å². The molecule has 2 N–H and O–H groups in total. The van der Waals surface area contributed by atoms with Gasteiger partial charge in [-0.05, 0) is 11.6 Å². The molecule has 80 valence electrons. The largest absolute Gasteiger partial charge is 0.384 e. The fraction of sp³-hybridized carbons (Fsp3) is 0.364. The predicted molar refractivity (Wildman–Crippen MR) is 57.4 cm³/mol. The molecule has 4 nitrogen and oxygen atoms in total. The van der Waals surface area contributed by atoms with Crippen molar-refractivity contribution in [3.8, 4) is 0 Å². The van der Waals surface area contributed by atoms with Crippen LogP contribution in [0.3, 0.4) is 0 Å². The van der Waals surface area contributed by atoms with Crippen LogP contribution >= 0.6 is 0 Å². The highest BCUT2D eigenvalue weighted by atomic mass is 16.6. The lowest BCUT2D eigenvalue weighted by molar-refractivity contribution is -0.131. The van der Waals surface area contributed by atoms with Gasteiger partial charge in [0.25, 0.3) is 0 Å². The highest BCUT2D eigenvalue weighted by Crippen LogP contribution is 2.32. The summed E-state index contributed by atoms with van der Waals surface area (Å²) in [4.78, 5) is 15.9. The third kappa shape index (κ3) is 2.10. The normalized spacial score (nSPS) is 18.1. The third-order valence-corrected chi connectivity index (χ3v) is 2.59. The minimum atomic E-state index is -0.0824. The highest BCUT2D eigenvalue weighted by molar-refractivity contribution is 5.77. The lowest BCUT2D eigenvalue weighted by Gasteiger charge is -2.08. The van der Waals surface area contributed by atoms with E-state index in [1.54, 1.807) is 0 Å². The number of anilines is 1. The van der Waals surface area contributed by atoms with Crippen LogP contribution in [0.15, 0.2) is 24.3 Å². The number of hydroxylamine groups is 1. The zero-order chi connectivity index (χ0) is 10.7. The van der Waals surface area contributed by atoms with E-state index in [4.69, 9.17) is 0 Å². The molecule has 2 rings (SSSR count). The second-order valence-electron chi connectivity index (χ2n) is 3.60. The first-order valence-corrected chi connectivity index (χ1v) is 4.96. The number of hydrogen-bond donors (Lipinski definition) is 2. The van der Waals surface area contributed by atoms with Gasteiger partial charge in [0.1, 0.15) is 0 Å². The van der Waals surface area contributed by atoms with Crippen molar-refractivity contribution < 1.29 is 9.63 Å². The third-order valence-electron chi connectivity index (χ3n) is 2.59. The molecule has 15 heavy (non-hydrogen) atoms. The van der Waals surface area contributed by atoms with Gasteiger partial charge in [0.2, 0.25) is 5.91 Å². The lowest BCUT2D eigenvalue weighted by Crippen LogP contribution is -2.24. The second kappa shape index (κ2) is 4.31. The molecular weight excluding hydrogens is 192 g/mol. The lowest BCUT2D eigenvalue weighted by atomic mass is 9.98. The van der Waals surface area contributed by atoms with E-state index in [2.05, 4.69) is 21.7 Å². The first kappa shape index (κ1) is 9.98. The van der Waals surface area contributed by atoms with Crippen LogP contribution in [0, 0.1) is 0 Å². The molecule has 0 fully saturated rings. The minimum absolute atomic E-state index is 0.0824. The standard InChI is InChI=1S/C11H14N2O2/c1-15-13-11(14)6-8-7-12-10-5-3-2-4-9(8)10/h2-5,8,12H,6-7H2,1H3,(H,13,14). The molecule has 4 heteroatoms. The maximum Gasteiger partial charge on any atom is 0.244 e. The maximum absolute atomic E-state index is 11.3. The summed E-state index contributed by atoms with van der Waals surface area (Å²) >= 11 is 0. The van der Waals surface area contributed by atoms with E-state index in [0.29, 0.717) is 6.42 Å². The molecule has 0 radical (unpaired) electrons. The molecular formula is C11H14N2O2. The molecule has 0 spiro atoms. The summed E-state index contributed by atoms with van der Waals surface area (Å²) in [5.41, 5.74) is 4.68. The van der Waals surface area contributed by atoms with E-state index >= 15 is 0 Å². The molecule has 0 aromatic heterocycles. The summed E-state index contributed by atoms with van der Waals surface area (Å²) in [6.45, 7) is 0.816. The van der Waals surface area contributed by atoms with Crippen molar-refractivity contribution in [3.63, 3.8) is 0 Å². The molecule has 1 aliphatic rings. The molecule has 0 saturated carbocycles. The van der Waals surface area contributed by atoms with Gasteiger partial charge < -0.3 is 5.32 Å². The zero-order valence-electron chi connectivity index (χ0n) is 8.62. The van der Waals surface area contributed by atoms with Crippen molar-refractivity contribution in [2.75, 3.05) is 19.0 Å². The molecule has 0 saturated heterocycles. The van der Waals surface area contributed by atoms with Crippen LogP contribution in [0.2, 0.25) is 0 Å². The molecule has 0 bridgehead atoms. The summed E-state index contributed by atoms with van der Waals surface area (Å²) in [6, 6.07) is 8.07. The van der Waals surface area contributed by atoms with E-state index in [1.807, 2.05) is 18.2 Å². The number of carbonyl (C=O) groups is 1. The van der Waals surface area contributed by atoms with E-state index in [0.717, 1.165) is 12.2 Å². The number of fused-ring (bicyclic) bond motifs is 1. The Kier molecular flexibility index (Phi) is 2.87. The van der Waals surface area contributed by atoms with Crippen LogP contribution in [0.1, 0.15) is 17.9 Å².